The molecule has 2 rings (SSSR count). The molecule has 112 valence electrons. The average molecular weight is 350 g/mol. The minimum Gasteiger partial charge on any atom is -0.475 e. The molecule has 1 aromatic carbocycles. The fourth-order valence-electron chi connectivity index (χ4n) is 1.93. The lowest BCUT2D eigenvalue weighted by Crippen LogP contribution is -2.12. The van der Waals surface area contributed by atoms with Gasteiger partial charge in [-0.3, -0.25) is 0 Å². The highest BCUT2D eigenvalue weighted by molar-refractivity contribution is 9.10. The van der Waals surface area contributed by atoms with Crippen LogP contribution in [-0.2, 0) is 0 Å². The van der Waals surface area contributed by atoms with Gasteiger partial charge in [0.05, 0.1) is 12.1 Å². The van der Waals surface area contributed by atoms with Crippen molar-refractivity contribution in [2.75, 3.05) is 5.32 Å². The molecule has 21 heavy (non-hydrogen) atoms. The van der Waals surface area contributed by atoms with Crippen molar-refractivity contribution in [3.05, 3.63) is 46.1 Å². The van der Waals surface area contributed by atoms with E-state index in [4.69, 9.17) is 4.74 Å². The van der Waals surface area contributed by atoms with E-state index in [2.05, 4.69) is 50.3 Å². The van der Waals surface area contributed by atoms with Crippen molar-refractivity contribution >= 4 is 21.9 Å². The largest absolute Gasteiger partial charge is 0.475 e. The minimum absolute atomic E-state index is 0.0936. The summed E-state index contributed by atoms with van der Waals surface area (Å²) in [6, 6.07) is 10.2. The maximum absolute atomic E-state index is 5.64. The van der Waals surface area contributed by atoms with Crippen molar-refractivity contribution in [1.82, 2.24) is 9.97 Å². The zero-order chi connectivity index (χ0) is 15.4. The van der Waals surface area contributed by atoms with Crippen LogP contribution in [0.1, 0.15) is 38.1 Å². The van der Waals surface area contributed by atoms with Gasteiger partial charge >= 0.3 is 0 Å². The van der Waals surface area contributed by atoms with Gasteiger partial charge in [-0.2, -0.15) is 4.98 Å². The van der Waals surface area contributed by atoms with E-state index in [1.165, 1.54) is 5.56 Å². The molecule has 1 aromatic heterocycles. The summed E-state index contributed by atoms with van der Waals surface area (Å²) in [7, 11) is 0. The molecule has 0 fully saturated rings. The first-order valence-electron chi connectivity index (χ1n) is 6.98. The molecule has 0 amide bonds. The van der Waals surface area contributed by atoms with Gasteiger partial charge in [0.1, 0.15) is 0 Å². The number of anilines is 1. The predicted molar refractivity (Wildman–Crippen MR) is 88.7 cm³/mol. The van der Waals surface area contributed by atoms with Crippen LogP contribution < -0.4 is 10.1 Å². The molecule has 1 heterocycles. The zero-order valence-electron chi connectivity index (χ0n) is 12.7. The molecule has 0 radical (unpaired) electrons. The molecular weight excluding hydrogens is 330 g/mol. The first-order valence-corrected chi connectivity index (χ1v) is 7.77. The van der Waals surface area contributed by atoms with Gasteiger partial charge in [-0.1, -0.05) is 28.1 Å². The van der Waals surface area contributed by atoms with Gasteiger partial charge in [0.25, 0.3) is 0 Å². The fourth-order valence-corrected chi connectivity index (χ4v) is 2.20. The Kier molecular flexibility index (Phi) is 5.17. The number of hydrogen-bond acceptors (Lipinski definition) is 4. The average Bonchev–Trinajstić information content (AvgIpc) is 2.37. The third kappa shape index (κ3) is 4.70. The van der Waals surface area contributed by atoms with Crippen LogP contribution in [0.25, 0.3) is 0 Å². The van der Waals surface area contributed by atoms with Gasteiger partial charge in [-0.15, -0.1) is 0 Å². The Morgan fingerprint density at radius 3 is 2.38 bits per heavy atom. The maximum Gasteiger partial charge on any atom is 0.226 e. The molecule has 0 aliphatic rings. The van der Waals surface area contributed by atoms with Gasteiger partial charge < -0.3 is 10.1 Å². The van der Waals surface area contributed by atoms with Gasteiger partial charge in [0, 0.05) is 16.2 Å². The van der Waals surface area contributed by atoms with Crippen LogP contribution in [0.3, 0.4) is 0 Å². The van der Waals surface area contributed by atoms with Crippen molar-refractivity contribution in [3.8, 4) is 5.88 Å². The Balaban J connectivity index is 2.14. The fraction of sp³-hybridized carbons (Fsp3) is 0.375. The standard InChI is InChI=1S/C16H20BrN3O/c1-10(2)21-15-9-11(3)18-16(20-15)19-12(4)13-5-7-14(17)8-6-13/h5-10,12H,1-4H3,(H,18,19,20). The maximum atomic E-state index is 5.64. The zero-order valence-corrected chi connectivity index (χ0v) is 14.3. The van der Waals surface area contributed by atoms with Gasteiger partial charge in [0.15, 0.2) is 0 Å². The van der Waals surface area contributed by atoms with Gasteiger partial charge in [0.2, 0.25) is 11.8 Å². The Morgan fingerprint density at radius 2 is 1.76 bits per heavy atom. The second kappa shape index (κ2) is 6.89. The Labute approximate surface area is 134 Å². The Hall–Kier alpha value is -1.62. The summed E-state index contributed by atoms with van der Waals surface area (Å²) in [5, 5.41) is 3.31. The number of ether oxygens (including phenoxy) is 1. The van der Waals surface area contributed by atoms with Crippen molar-refractivity contribution in [1.29, 1.82) is 0 Å². The lowest BCUT2D eigenvalue weighted by atomic mass is 10.1. The second-order valence-electron chi connectivity index (χ2n) is 5.26. The molecule has 0 aliphatic heterocycles. The number of nitrogens with zero attached hydrogens (tertiary/aromatic N) is 2. The molecule has 0 spiro atoms. The Morgan fingerprint density at radius 1 is 1.10 bits per heavy atom. The molecule has 1 atom stereocenters. The first-order chi connectivity index (χ1) is 9.94. The topological polar surface area (TPSA) is 47.0 Å². The molecule has 0 aliphatic carbocycles. The summed E-state index contributed by atoms with van der Waals surface area (Å²) < 4.78 is 6.71. The van der Waals surface area contributed by atoms with Crippen LogP contribution in [0.5, 0.6) is 5.88 Å². The van der Waals surface area contributed by atoms with Gasteiger partial charge in [-0.25, -0.2) is 4.98 Å². The van der Waals surface area contributed by atoms with Crippen molar-refractivity contribution in [2.24, 2.45) is 0 Å². The van der Waals surface area contributed by atoms with E-state index in [-0.39, 0.29) is 12.1 Å². The summed E-state index contributed by atoms with van der Waals surface area (Å²) in [6.07, 6.45) is 0.0936. The number of aromatic nitrogens is 2. The molecule has 4 nitrogen and oxygen atoms in total. The van der Waals surface area contributed by atoms with Crippen LogP contribution >= 0.6 is 15.9 Å². The molecule has 2 aromatic rings. The molecule has 1 unspecified atom stereocenters. The highest BCUT2D eigenvalue weighted by atomic mass is 79.9. The third-order valence-corrected chi connectivity index (χ3v) is 3.43. The van der Waals surface area contributed by atoms with E-state index in [1.807, 2.05) is 39.0 Å². The lowest BCUT2D eigenvalue weighted by Gasteiger charge is -2.16. The van der Waals surface area contributed by atoms with Crippen molar-refractivity contribution in [3.63, 3.8) is 0 Å². The van der Waals surface area contributed by atoms with Gasteiger partial charge in [-0.05, 0) is 45.4 Å². The van der Waals surface area contributed by atoms with Crippen LogP contribution in [0.15, 0.2) is 34.8 Å². The lowest BCUT2D eigenvalue weighted by molar-refractivity contribution is 0.232. The quantitative estimate of drug-likeness (QED) is 0.862. The van der Waals surface area contributed by atoms with Crippen LogP contribution in [0.2, 0.25) is 0 Å². The van der Waals surface area contributed by atoms with E-state index in [0.29, 0.717) is 11.8 Å². The van der Waals surface area contributed by atoms with E-state index >= 15 is 0 Å². The highest BCUT2D eigenvalue weighted by Gasteiger charge is 2.09. The number of hydrogen-bond donors (Lipinski definition) is 1. The van der Waals surface area contributed by atoms with Crippen molar-refractivity contribution < 1.29 is 4.74 Å². The molecule has 1 N–H and O–H groups in total. The predicted octanol–water partition coefficient (Wildman–Crippen LogP) is 4.51. The monoisotopic (exact) mass is 349 g/mol. The Bertz CT molecular complexity index is 599. The summed E-state index contributed by atoms with van der Waals surface area (Å²) >= 11 is 3.44. The van der Waals surface area contributed by atoms with E-state index in [1.54, 1.807) is 0 Å². The molecular formula is C16H20BrN3O. The summed E-state index contributed by atoms with van der Waals surface area (Å²) in [5.74, 6) is 1.18. The number of rotatable bonds is 5. The minimum atomic E-state index is 0.0936. The van der Waals surface area contributed by atoms with E-state index in [9.17, 15) is 0 Å². The first kappa shape index (κ1) is 15.8. The number of nitrogens with one attached hydrogen (secondary N) is 1. The molecule has 0 saturated heterocycles. The summed E-state index contributed by atoms with van der Waals surface area (Å²) in [4.78, 5) is 8.82. The van der Waals surface area contributed by atoms with E-state index in [0.717, 1.165) is 10.2 Å². The third-order valence-electron chi connectivity index (χ3n) is 2.90. The summed E-state index contributed by atoms with van der Waals surface area (Å²) in [5.41, 5.74) is 2.06. The summed E-state index contributed by atoms with van der Waals surface area (Å²) in [6.45, 7) is 7.98. The SMILES string of the molecule is Cc1cc(OC(C)C)nc(NC(C)c2ccc(Br)cc2)n1. The normalized spacial score (nSPS) is 12.3. The van der Waals surface area contributed by atoms with Crippen molar-refractivity contribution in [2.45, 2.75) is 39.8 Å². The molecule has 5 heteroatoms. The number of aryl methyl sites for hydroxylation is 1. The highest BCUT2D eigenvalue weighted by Crippen LogP contribution is 2.21. The number of halogens is 1. The second-order valence-corrected chi connectivity index (χ2v) is 6.17. The van der Waals surface area contributed by atoms with E-state index < -0.39 is 0 Å². The molecule has 0 bridgehead atoms. The van der Waals surface area contributed by atoms with Crippen LogP contribution in [-0.4, -0.2) is 16.1 Å². The number of benzene rings is 1. The molecule has 0 saturated carbocycles. The van der Waals surface area contributed by atoms with Crippen LogP contribution in [0.4, 0.5) is 5.95 Å². The smallest absolute Gasteiger partial charge is 0.226 e. The van der Waals surface area contributed by atoms with Crippen LogP contribution in [0, 0.1) is 6.92 Å².